The third-order valence-electron chi connectivity index (χ3n) is 6.37. The second kappa shape index (κ2) is 8.01. The number of carboxylic acid groups (broad SMARTS) is 1. The molecular formula is C21H26N8O4. The predicted octanol–water partition coefficient (Wildman–Crippen LogP) is 1.06. The normalized spacial score (nSPS) is 21.2. The highest BCUT2D eigenvalue weighted by molar-refractivity contribution is 5.87. The van der Waals surface area contributed by atoms with Crippen molar-refractivity contribution in [1.82, 2.24) is 19.9 Å². The molecule has 0 spiro atoms. The molecule has 4 bridgehead atoms. The first kappa shape index (κ1) is 21.2. The van der Waals surface area contributed by atoms with Crippen LogP contribution in [-0.4, -0.2) is 82.4 Å². The Hall–Kier alpha value is -3.70. The lowest BCUT2D eigenvalue weighted by Gasteiger charge is -2.28. The minimum Gasteiger partial charge on any atom is -0.475 e. The molecule has 2 aromatic heterocycles. The second-order valence-electron chi connectivity index (χ2n) is 8.61. The molecule has 0 aromatic carbocycles. The summed E-state index contributed by atoms with van der Waals surface area (Å²) in [5, 5.41) is 15.5. The number of aromatic nitrogens is 4. The molecule has 2 aromatic rings. The highest BCUT2D eigenvalue weighted by atomic mass is 16.5. The van der Waals surface area contributed by atoms with Crippen LogP contribution >= 0.6 is 0 Å². The number of methoxy groups -OCH3 is 1. The van der Waals surface area contributed by atoms with Crippen molar-refractivity contribution in [3.63, 3.8) is 0 Å². The van der Waals surface area contributed by atoms with Gasteiger partial charge in [0.05, 0.1) is 18.5 Å². The van der Waals surface area contributed by atoms with Crippen LogP contribution in [0.15, 0.2) is 0 Å². The maximum atomic E-state index is 11.4. The summed E-state index contributed by atoms with van der Waals surface area (Å²) in [6.07, 6.45) is 2.17. The first-order valence-electron chi connectivity index (χ1n) is 11.0. The number of esters is 1. The van der Waals surface area contributed by atoms with Crippen molar-refractivity contribution in [2.75, 3.05) is 53.7 Å². The Labute approximate surface area is 190 Å². The van der Waals surface area contributed by atoms with Crippen molar-refractivity contribution in [2.45, 2.75) is 38.8 Å². The van der Waals surface area contributed by atoms with E-state index in [9.17, 15) is 9.59 Å². The summed E-state index contributed by atoms with van der Waals surface area (Å²) in [7, 11) is 1.33. The lowest BCUT2D eigenvalue weighted by Crippen LogP contribution is -2.33. The molecule has 2 fully saturated rings. The number of carbonyl (C=O) groups excluding carboxylic acids is 1. The molecule has 12 heteroatoms. The number of carboxylic acids is 1. The van der Waals surface area contributed by atoms with Gasteiger partial charge in [0.2, 0.25) is 11.6 Å². The zero-order chi connectivity index (χ0) is 23.3. The van der Waals surface area contributed by atoms with Gasteiger partial charge in [0.1, 0.15) is 11.4 Å². The quantitative estimate of drug-likeness (QED) is 0.558. The van der Waals surface area contributed by atoms with Crippen LogP contribution in [0.3, 0.4) is 0 Å². The zero-order valence-electron chi connectivity index (χ0n) is 18.8. The molecule has 2 saturated heterocycles. The molecule has 0 amide bonds. The highest BCUT2D eigenvalue weighted by Gasteiger charge is 2.34. The summed E-state index contributed by atoms with van der Waals surface area (Å²) >= 11 is 0. The van der Waals surface area contributed by atoms with Gasteiger partial charge in [-0.2, -0.15) is 0 Å². The zero-order valence-corrected chi connectivity index (χ0v) is 18.8. The smallest absolute Gasteiger partial charge is 0.376 e. The number of anilines is 4. The molecule has 12 nitrogen and oxygen atoms in total. The minimum absolute atomic E-state index is 0.124. The highest BCUT2D eigenvalue weighted by Crippen LogP contribution is 2.36. The topological polar surface area (TPSA) is 146 Å². The number of hydrogen-bond acceptors (Lipinski definition) is 11. The molecule has 0 saturated carbocycles. The fourth-order valence-corrected chi connectivity index (χ4v) is 4.92. The average molecular weight is 454 g/mol. The molecule has 0 aliphatic carbocycles. The van der Waals surface area contributed by atoms with Crippen molar-refractivity contribution in [3.8, 4) is 0 Å². The number of nitrogens with zero attached hydrogens (tertiary/aromatic N) is 6. The van der Waals surface area contributed by atoms with E-state index in [0.29, 0.717) is 17.9 Å². The average Bonchev–Trinajstić information content (AvgIpc) is 3.35. The van der Waals surface area contributed by atoms with Gasteiger partial charge in [-0.05, 0) is 26.7 Å². The van der Waals surface area contributed by atoms with Gasteiger partial charge in [0.15, 0.2) is 11.6 Å². The lowest BCUT2D eigenvalue weighted by atomic mass is 10.2. The molecule has 3 N–H and O–H groups in total. The maximum Gasteiger partial charge on any atom is 0.376 e. The van der Waals surface area contributed by atoms with Crippen molar-refractivity contribution in [2.24, 2.45) is 0 Å². The number of nitrogens with one attached hydrogen (secondary N) is 2. The molecular weight excluding hydrogens is 428 g/mol. The summed E-state index contributed by atoms with van der Waals surface area (Å²) in [6.45, 7) is 7.69. The first-order valence-corrected chi connectivity index (χ1v) is 11.0. The first-order chi connectivity index (χ1) is 15.8. The number of aryl methyl sites for hydroxylation is 2. The Morgan fingerprint density at radius 2 is 1.36 bits per heavy atom. The molecule has 2 atom stereocenters. The predicted molar refractivity (Wildman–Crippen MR) is 120 cm³/mol. The van der Waals surface area contributed by atoms with E-state index in [0.717, 1.165) is 67.6 Å². The van der Waals surface area contributed by atoms with Crippen molar-refractivity contribution in [1.29, 1.82) is 0 Å². The molecule has 33 heavy (non-hydrogen) atoms. The standard InChI is InChI=1S/C11H14N4O2.C10H12N4O2/c1-6-8-9(13-7-3-4-15(8)5-7)14-10(12-6)11(16)17-2;1-5-7-8(13-9(11-5)10(15)16)12-6-2-3-14(7)4-6/h7H,3-5H2,1-2H3,(H,12,13,14);6H,2-4H2,1H3,(H,15,16)(H,11,12,13)/t7-;6-/m00/s1. The van der Waals surface area contributed by atoms with Crippen LogP contribution in [0, 0.1) is 13.8 Å². The van der Waals surface area contributed by atoms with E-state index in [-0.39, 0.29) is 11.6 Å². The number of aromatic carboxylic acids is 1. The molecule has 0 unspecified atom stereocenters. The van der Waals surface area contributed by atoms with Crippen LogP contribution < -0.4 is 20.4 Å². The van der Waals surface area contributed by atoms with E-state index in [1.165, 1.54) is 7.11 Å². The second-order valence-corrected chi connectivity index (χ2v) is 8.61. The number of rotatable bonds is 2. The number of fused-ring (bicyclic) bond motifs is 8. The van der Waals surface area contributed by atoms with Crippen LogP contribution in [0.1, 0.15) is 45.5 Å². The third-order valence-corrected chi connectivity index (χ3v) is 6.37. The van der Waals surface area contributed by atoms with Gasteiger partial charge in [-0.15, -0.1) is 0 Å². The Bertz CT molecular complexity index is 1140. The molecule has 6 rings (SSSR count). The molecule has 4 aliphatic rings. The van der Waals surface area contributed by atoms with E-state index >= 15 is 0 Å². The summed E-state index contributed by atoms with van der Waals surface area (Å²) in [6, 6.07) is 0.825. The molecule has 6 heterocycles. The lowest BCUT2D eigenvalue weighted by molar-refractivity contribution is 0.0585. The van der Waals surface area contributed by atoms with Gasteiger partial charge < -0.3 is 30.3 Å². The number of hydrogen-bond donors (Lipinski definition) is 3. The van der Waals surface area contributed by atoms with Crippen molar-refractivity contribution < 1.29 is 19.4 Å². The van der Waals surface area contributed by atoms with Crippen molar-refractivity contribution >= 4 is 34.9 Å². The van der Waals surface area contributed by atoms with Crippen molar-refractivity contribution in [3.05, 3.63) is 23.0 Å². The van der Waals surface area contributed by atoms with Crippen LogP contribution in [0.5, 0.6) is 0 Å². The fourth-order valence-electron chi connectivity index (χ4n) is 4.92. The Morgan fingerprint density at radius 3 is 1.85 bits per heavy atom. The summed E-state index contributed by atoms with van der Waals surface area (Å²) in [5.74, 6) is -0.165. The monoisotopic (exact) mass is 454 g/mol. The Balaban J connectivity index is 0.000000139. The van der Waals surface area contributed by atoms with Gasteiger partial charge in [-0.25, -0.2) is 29.5 Å². The maximum absolute atomic E-state index is 11.4. The van der Waals surface area contributed by atoms with Crippen LogP contribution in [0.25, 0.3) is 0 Å². The largest absolute Gasteiger partial charge is 0.475 e. The Kier molecular flexibility index (Phi) is 5.14. The van der Waals surface area contributed by atoms with E-state index < -0.39 is 11.9 Å². The SMILES string of the molecule is COC(=O)c1nc(C)c2c(n1)N[C@H]1CCN2C1.Cc1nc(C(=O)O)nc2c1N1CC[C@@H](C1)N2. The van der Waals surface area contributed by atoms with Gasteiger partial charge in [0.25, 0.3) is 0 Å². The van der Waals surface area contributed by atoms with Gasteiger partial charge >= 0.3 is 11.9 Å². The van der Waals surface area contributed by atoms with Gasteiger partial charge in [-0.3, -0.25) is 0 Å². The minimum atomic E-state index is -1.08. The van der Waals surface area contributed by atoms with Crippen LogP contribution in [-0.2, 0) is 4.74 Å². The summed E-state index contributed by atoms with van der Waals surface area (Å²) in [5.41, 5.74) is 3.53. The van der Waals surface area contributed by atoms with E-state index in [4.69, 9.17) is 5.11 Å². The van der Waals surface area contributed by atoms with E-state index in [2.05, 4.69) is 45.1 Å². The van der Waals surface area contributed by atoms with E-state index in [1.54, 1.807) is 0 Å². The van der Waals surface area contributed by atoms with Gasteiger partial charge in [0, 0.05) is 38.3 Å². The molecule has 0 radical (unpaired) electrons. The number of ether oxygens (including phenoxy) is 1. The fraction of sp³-hybridized carbons (Fsp3) is 0.524. The van der Waals surface area contributed by atoms with E-state index in [1.807, 2.05) is 13.8 Å². The summed E-state index contributed by atoms with van der Waals surface area (Å²) in [4.78, 5) is 43.3. The number of carbonyl (C=O) groups is 2. The molecule has 4 aliphatic heterocycles. The van der Waals surface area contributed by atoms with Gasteiger partial charge in [-0.1, -0.05) is 0 Å². The Morgan fingerprint density at radius 1 is 0.879 bits per heavy atom. The summed E-state index contributed by atoms with van der Waals surface area (Å²) < 4.78 is 4.65. The third kappa shape index (κ3) is 3.74. The van der Waals surface area contributed by atoms with Crippen LogP contribution in [0.2, 0.25) is 0 Å². The molecule has 174 valence electrons. The van der Waals surface area contributed by atoms with Crippen LogP contribution in [0.4, 0.5) is 23.0 Å².